The van der Waals surface area contributed by atoms with Gasteiger partial charge in [0.25, 0.3) is 0 Å². The van der Waals surface area contributed by atoms with Crippen LogP contribution < -0.4 is 0 Å². The second kappa shape index (κ2) is 9.78. The molecule has 0 fully saturated rings. The molecule has 1 aliphatic rings. The van der Waals surface area contributed by atoms with E-state index in [0.29, 0.717) is 0 Å². The number of pyridine rings is 2. The average Bonchev–Trinajstić information content (AvgIpc) is 3.00. The van der Waals surface area contributed by atoms with E-state index in [0.717, 1.165) is 16.8 Å². The molecule has 0 saturated heterocycles. The Kier molecular flexibility index (Phi) is 7.26. The van der Waals surface area contributed by atoms with E-state index < -0.39 is 0 Å². The summed E-state index contributed by atoms with van der Waals surface area (Å²) in [5.74, 6) is -0.0625. The van der Waals surface area contributed by atoms with Gasteiger partial charge in [-0.05, 0) is 48.1 Å². The Morgan fingerprint density at radius 1 is 0.909 bits per heavy atom. The van der Waals surface area contributed by atoms with Gasteiger partial charge < -0.3 is 5.11 Å². The number of rotatable bonds is 2. The fraction of sp³-hybridized carbons (Fsp3) is 0.179. The maximum Gasteiger partial charge on any atom is 0.155 e. The molecular formula is C28H26IrN2O2. The van der Waals surface area contributed by atoms with Gasteiger partial charge in [0.05, 0.1) is 17.1 Å². The Labute approximate surface area is 207 Å². The fourth-order valence-electron chi connectivity index (χ4n) is 4.34. The molecule has 0 aliphatic heterocycles. The maximum absolute atomic E-state index is 10.0. The van der Waals surface area contributed by atoms with Crippen LogP contribution >= 0.6 is 0 Å². The molecular weight excluding hydrogens is 589 g/mol. The molecule has 1 radical (unpaired) electrons. The zero-order valence-corrected chi connectivity index (χ0v) is 21.5. The molecule has 2 aromatic carbocycles. The molecule has 33 heavy (non-hydrogen) atoms. The van der Waals surface area contributed by atoms with Gasteiger partial charge in [0.15, 0.2) is 5.78 Å². The molecule has 5 heteroatoms. The number of ketones is 1. The molecule has 0 atom stereocenters. The number of aromatic nitrogens is 2. The zero-order chi connectivity index (χ0) is 22.9. The Bertz CT molecular complexity index is 1350. The summed E-state index contributed by atoms with van der Waals surface area (Å²) in [4.78, 5) is 19.4. The van der Waals surface area contributed by atoms with Crippen LogP contribution in [0.1, 0.15) is 38.8 Å². The van der Waals surface area contributed by atoms with E-state index in [2.05, 4.69) is 73.4 Å². The van der Waals surface area contributed by atoms with Crippen LogP contribution in [0.4, 0.5) is 0 Å². The van der Waals surface area contributed by atoms with Crippen molar-refractivity contribution in [2.75, 3.05) is 0 Å². The summed E-state index contributed by atoms with van der Waals surface area (Å²) in [6.45, 7) is 7.43. The third-order valence-corrected chi connectivity index (χ3v) is 5.80. The van der Waals surface area contributed by atoms with Crippen molar-refractivity contribution in [3.05, 3.63) is 96.0 Å². The van der Waals surface area contributed by atoms with Gasteiger partial charge in [0.2, 0.25) is 0 Å². The Balaban J connectivity index is 0.000000337. The van der Waals surface area contributed by atoms with Crippen molar-refractivity contribution in [1.82, 2.24) is 9.97 Å². The molecule has 2 heterocycles. The number of hydrogen-bond donors (Lipinski definition) is 1. The van der Waals surface area contributed by atoms with Crippen LogP contribution in [0.3, 0.4) is 0 Å². The third-order valence-electron chi connectivity index (χ3n) is 5.80. The largest absolute Gasteiger partial charge is 0.512 e. The van der Waals surface area contributed by atoms with E-state index in [4.69, 9.17) is 10.1 Å². The van der Waals surface area contributed by atoms with E-state index in [1.807, 2.05) is 18.5 Å². The molecule has 2 aromatic heterocycles. The van der Waals surface area contributed by atoms with Crippen LogP contribution in [0.25, 0.3) is 33.3 Å². The van der Waals surface area contributed by atoms with Crippen molar-refractivity contribution < 1.29 is 30.0 Å². The molecule has 4 aromatic rings. The molecule has 1 aliphatic carbocycles. The zero-order valence-electron chi connectivity index (χ0n) is 19.1. The molecule has 0 spiro atoms. The first-order valence-electron chi connectivity index (χ1n) is 10.6. The number of aliphatic hydroxyl groups is 1. The van der Waals surface area contributed by atoms with E-state index in [1.54, 1.807) is 0 Å². The minimum absolute atomic E-state index is 0. The van der Waals surface area contributed by atoms with Crippen LogP contribution in [0, 0.1) is 0 Å². The SMILES string of the molecule is CC(=O)/C=C(/C)O.CC1(C)c2ccccc2-c2cnc(-c3nccc4ccccc34)cc21.[Ir]. The maximum atomic E-state index is 10.0. The van der Waals surface area contributed by atoms with Crippen LogP contribution in [0.15, 0.2) is 84.9 Å². The van der Waals surface area contributed by atoms with Gasteiger partial charge in [-0.1, -0.05) is 62.4 Å². The van der Waals surface area contributed by atoms with Crippen LogP contribution in [0.5, 0.6) is 0 Å². The Morgan fingerprint density at radius 2 is 1.61 bits per heavy atom. The van der Waals surface area contributed by atoms with E-state index in [9.17, 15) is 4.79 Å². The molecule has 0 saturated carbocycles. The molecule has 4 nitrogen and oxygen atoms in total. The number of carbonyl (C=O) groups excluding carboxylic acids is 1. The first kappa shape index (κ1) is 24.5. The number of allylic oxidation sites excluding steroid dienone is 2. The van der Waals surface area contributed by atoms with Crippen LogP contribution in [-0.4, -0.2) is 20.9 Å². The van der Waals surface area contributed by atoms with Crippen molar-refractivity contribution in [2.45, 2.75) is 33.1 Å². The first-order chi connectivity index (χ1) is 15.3. The van der Waals surface area contributed by atoms with Crippen molar-refractivity contribution in [3.8, 4) is 22.5 Å². The van der Waals surface area contributed by atoms with E-state index >= 15 is 0 Å². The van der Waals surface area contributed by atoms with Gasteiger partial charge in [0, 0.05) is 54.9 Å². The standard InChI is InChI=1S/C23H18N2.C5H8O2.Ir/c1-23(2)19-10-6-5-9-17(19)18-14-25-21(13-20(18)23)22-16-8-4-3-7-15(16)11-12-24-22;1-4(6)3-5(2)7;/h3-14H,1-2H3;3,6H,1-2H3;/b;4-3-;. The van der Waals surface area contributed by atoms with Crippen LogP contribution in [-0.2, 0) is 30.3 Å². The summed E-state index contributed by atoms with van der Waals surface area (Å²) in [5, 5.41) is 10.7. The third kappa shape index (κ3) is 4.80. The molecule has 1 N–H and O–H groups in total. The average molecular weight is 615 g/mol. The number of hydrogen-bond acceptors (Lipinski definition) is 4. The normalized spacial score (nSPS) is 13.3. The summed E-state index contributed by atoms with van der Waals surface area (Å²) < 4.78 is 0. The van der Waals surface area contributed by atoms with E-state index in [1.165, 1.54) is 47.6 Å². The molecule has 5 rings (SSSR count). The van der Waals surface area contributed by atoms with Gasteiger partial charge in [0.1, 0.15) is 0 Å². The summed E-state index contributed by atoms with van der Waals surface area (Å²) in [7, 11) is 0. The molecule has 0 unspecified atom stereocenters. The van der Waals surface area contributed by atoms with Crippen molar-refractivity contribution >= 4 is 16.6 Å². The van der Waals surface area contributed by atoms with Crippen LogP contribution in [0.2, 0.25) is 0 Å². The minimum atomic E-state index is -0.125. The minimum Gasteiger partial charge on any atom is -0.512 e. The summed E-state index contributed by atoms with van der Waals surface area (Å²) in [5.41, 5.74) is 7.11. The monoisotopic (exact) mass is 615 g/mol. The smallest absolute Gasteiger partial charge is 0.155 e. The van der Waals surface area contributed by atoms with E-state index in [-0.39, 0.29) is 37.1 Å². The topological polar surface area (TPSA) is 63.1 Å². The predicted octanol–water partition coefficient (Wildman–Crippen LogP) is 6.64. The number of nitrogens with zero attached hydrogens (tertiary/aromatic N) is 2. The Morgan fingerprint density at radius 3 is 2.30 bits per heavy atom. The molecule has 169 valence electrons. The summed E-state index contributed by atoms with van der Waals surface area (Å²) in [6.07, 6.45) is 5.05. The van der Waals surface area contributed by atoms with Gasteiger partial charge >= 0.3 is 0 Å². The van der Waals surface area contributed by atoms with Gasteiger partial charge in [-0.25, -0.2) is 0 Å². The van der Waals surface area contributed by atoms with Gasteiger partial charge in [-0.15, -0.1) is 0 Å². The van der Waals surface area contributed by atoms with Crippen molar-refractivity contribution in [1.29, 1.82) is 0 Å². The Hall–Kier alpha value is -3.14. The summed E-state index contributed by atoms with van der Waals surface area (Å²) >= 11 is 0. The van der Waals surface area contributed by atoms with Crippen molar-refractivity contribution in [2.24, 2.45) is 0 Å². The second-order valence-corrected chi connectivity index (χ2v) is 8.56. The van der Waals surface area contributed by atoms with Crippen molar-refractivity contribution in [3.63, 3.8) is 0 Å². The molecule has 0 amide bonds. The number of carbonyl (C=O) groups is 1. The number of aliphatic hydroxyl groups excluding tert-OH is 1. The number of benzene rings is 2. The molecule has 0 bridgehead atoms. The summed E-state index contributed by atoms with van der Waals surface area (Å²) in [6, 6.07) is 21.3. The predicted molar refractivity (Wildman–Crippen MR) is 130 cm³/mol. The first-order valence-corrected chi connectivity index (χ1v) is 10.6. The second-order valence-electron chi connectivity index (χ2n) is 8.56. The fourth-order valence-corrected chi connectivity index (χ4v) is 4.34. The van der Waals surface area contributed by atoms with Gasteiger partial charge in [-0.3, -0.25) is 14.8 Å². The van der Waals surface area contributed by atoms with Gasteiger partial charge in [-0.2, -0.15) is 0 Å². The number of fused-ring (bicyclic) bond motifs is 4. The quantitative estimate of drug-likeness (QED) is 0.203.